The van der Waals surface area contributed by atoms with Crippen LogP contribution in [0.5, 0.6) is 11.5 Å². The number of carboxylic acids is 1. The van der Waals surface area contributed by atoms with Crippen LogP contribution < -0.4 is 15.2 Å². The summed E-state index contributed by atoms with van der Waals surface area (Å²) < 4.78 is 23.5. The third kappa shape index (κ3) is 5.31. The van der Waals surface area contributed by atoms with Crippen LogP contribution in [-0.4, -0.2) is 42.9 Å². The van der Waals surface area contributed by atoms with Gasteiger partial charge >= 0.3 is 17.3 Å². The van der Waals surface area contributed by atoms with Gasteiger partial charge in [-0.2, -0.15) is 4.21 Å². The van der Waals surface area contributed by atoms with E-state index in [9.17, 15) is 18.9 Å². The Bertz CT molecular complexity index is 593. The molecule has 3 atom stereocenters. The Hall–Kier alpha value is -2.17. The number of hydrogen-bond donors (Lipinski definition) is 5. The van der Waals surface area contributed by atoms with Crippen molar-refractivity contribution in [3.8, 4) is 11.5 Å². The third-order valence-corrected chi connectivity index (χ3v) is 3.03. The molecule has 0 fully saturated rings. The second-order valence-electron chi connectivity index (χ2n) is 4.48. The molecule has 1 rings (SSSR count). The molecule has 1 aromatic carbocycles. The number of carboxylic acid groups (broad SMARTS) is 1. The van der Waals surface area contributed by atoms with Crippen LogP contribution in [0.15, 0.2) is 18.2 Å². The summed E-state index contributed by atoms with van der Waals surface area (Å²) in [5.74, 6) is -2.41. The van der Waals surface area contributed by atoms with E-state index in [-0.39, 0.29) is 17.9 Å². The summed E-state index contributed by atoms with van der Waals surface area (Å²) in [6.07, 6.45) is 0.0359. The highest BCUT2D eigenvalue weighted by Crippen LogP contribution is 2.27. The molecular formula is C12H16N2O7S. The number of phenolic OH excluding ortho intramolecular Hbond substituents is 1. The molecule has 0 aliphatic heterocycles. The molecule has 122 valence electrons. The summed E-state index contributed by atoms with van der Waals surface area (Å²) in [6, 6.07) is 1.86. The largest absolute Gasteiger partial charge is 0.504 e. The van der Waals surface area contributed by atoms with E-state index in [1.165, 1.54) is 25.1 Å². The van der Waals surface area contributed by atoms with Crippen molar-refractivity contribution in [2.24, 2.45) is 5.73 Å². The summed E-state index contributed by atoms with van der Waals surface area (Å²) in [6.45, 7) is 1.31. The summed E-state index contributed by atoms with van der Waals surface area (Å²) in [5, 5.41) is 20.5. The Morgan fingerprint density at radius 1 is 1.45 bits per heavy atom. The number of phenols is 1. The van der Waals surface area contributed by atoms with E-state index < -0.39 is 35.3 Å². The van der Waals surface area contributed by atoms with Gasteiger partial charge in [-0.15, -0.1) is 0 Å². The fourth-order valence-corrected chi connectivity index (χ4v) is 1.86. The lowest BCUT2D eigenvalue weighted by molar-refractivity contribution is -0.141. The number of aliphatic carboxylic acids is 1. The molecule has 1 amide bonds. The quantitative estimate of drug-likeness (QED) is 0.412. The molecule has 0 aliphatic carbocycles. The first-order valence-electron chi connectivity index (χ1n) is 6.10. The van der Waals surface area contributed by atoms with Crippen molar-refractivity contribution in [1.82, 2.24) is 5.32 Å². The highest BCUT2D eigenvalue weighted by atomic mass is 32.2. The topological polar surface area (TPSA) is 159 Å². The zero-order chi connectivity index (χ0) is 16.9. The lowest BCUT2D eigenvalue weighted by atomic mass is 10.1. The number of nitrogens with two attached hydrogens (primary N) is 1. The van der Waals surface area contributed by atoms with Crippen molar-refractivity contribution in [3.63, 3.8) is 0 Å². The van der Waals surface area contributed by atoms with Crippen LogP contribution in [0.1, 0.15) is 12.5 Å². The standard InChI is InChI=1S/C12H16N2O7S/c1-6(12(17)18)14-11(16)8(13)4-7-2-3-10(9(15)5-7)21-22(19)20/h2-3,5-6,8,15H,4,13H2,1H3,(H,14,16)(H,17,18)(H,19,20)/t6-,8-/m0/s1. The molecule has 0 saturated heterocycles. The number of carbonyl (C=O) groups excluding carboxylic acids is 1. The SMILES string of the molecule is C[C@H](NC(=O)[C@@H](N)Cc1ccc(OS(=O)O)c(O)c1)C(=O)O. The minimum Gasteiger partial charge on any atom is -0.504 e. The van der Waals surface area contributed by atoms with Crippen molar-refractivity contribution in [2.45, 2.75) is 25.4 Å². The first-order valence-corrected chi connectivity index (χ1v) is 7.13. The van der Waals surface area contributed by atoms with Gasteiger partial charge in [0.25, 0.3) is 0 Å². The predicted molar refractivity (Wildman–Crippen MR) is 76.4 cm³/mol. The molecule has 0 saturated carbocycles. The van der Waals surface area contributed by atoms with E-state index in [4.69, 9.17) is 15.4 Å². The molecule has 0 radical (unpaired) electrons. The number of hydrogen-bond acceptors (Lipinski definition) is 6. The van der Waals surface area contributed by atoms with Gasteiger partial charge in [0, 0.05) is 0 Å². The second-order valence-corrected chi connectivity index (χ2v) is 5.08. The predicted octanol–water partition coefficient (Wildman–Crippen LogP) is -0.633. The number of benzene rings is 1. The maximum absolute atomic E-state index is 11.7. The molecule has 1 aromatic rings. The van der Waals surface area contributed by atoms with E-state index in [2.05, 4.69) is 9.50 Å². The number of nitrogens with one attached hydrogen (secondary N) is 1. The number of amides is 1. The average Bonchev–Trinajstić information content (AvgIpc) is 2.41. The molecule has 0 aliphatic rings. The minimum absolute atomic E-state index is 0.0359. The Labute approximate surface area is 128 Å². The van der Waals surface area contributed by atoms with Crippen LogP contribution in [0, 0.1) is 0 Å². The van der Waals surface area contributed by atoms with Crippen molar-refractivity contribution < 1.29 is 32.7 Å². The van der Waals surface area contributed by atoms with Gasteiger partial charge in [0.2, 0.25) is 5.91 Å². The van der Waals surface area contributed by atoms with E-state index in [0.29, 0.717) is 5.56 Å². The Balaban J connectivity index is 2.70. The van der Waals surface area contributed by atoms with Crippen LogP contribution in [-0.2, 0) is 27.4 Å². The van der Waals surface area contributed by atoms with E-state index in [1.54, 1.807) is 0 Å². The van der Waals surface area contributed by atoms with E-state index >= 15 is 0 Å². The van der Waals surface area contributed by atoms with Crippen molar-refractivity contribution in [3.05, 3.63) is 23.8 Å². The third-order valence-electron chi connectivity index (χ3n) is 2.71. The normalized spacial score (nSPS) is 14.7. The van der Waals surface area contributed by atoms with Crippen LogP contribution >= 0.6 is 0 Å². The lowest BCUT2D eigenvalue weighted by Gasteiger charge is -2.15. The van der Waals surface area contributed by atoms with Gasteiger partial charge in [0.05, 0.1) is 6.04 Å². The molecule has 0 aromatic heterocycles. The average molecular weight is 332 g/mol. The monoisotopic (exact) mass is 332 g/mol. The van der Waals surface area contributed by atoms with Crippen molar-refractivity contribution in [1.29, 1.82) is 0 Å². The summed E-state index contributed by atoms with van der Waals surface area (Å²) in [7, 11) is 0. The number of carbonyl (C=O) groups is 2. The van der Waals surface area contributed by atoms with Gasteiger partial charge < -0.3 is 25.4 Å². The molecule has 0 heterocycles. The van der Waals surface area contributed by atoms with Crippen molar-refractivity contribution in [2.75, 3.05) is 0 Å². The van der Waals surface area contributed by atoms with Crippen LogP contribution in [0.4, 0.5) is 0 Å². The molecular weight excluding hydrogens is 316 g/mol. The zero-order valence-corrected chi connectivity index (χ0v) is 12.4. The van der Waals surface area contributed by atoms with Gasteiger partial charge in [-0.1, -0.05) is 6.07 Å². The fourth-order valence-electron chi connectivity index (χ4n) is 1.57. The van der Waals surface area contributed by atoms with Gasteiger partial charge in [-0.25, -0.2) is 0 Å². The van der Waals surface area contributed by atoms with Gasteiger partial charge in [0.15, 0.2) is 11.5 Å². The van der Waals surface area contributed by atoms with Crippen LogP contribution in [0.3, 0.4) is 0 Å². The zero-order valence-electron chi connectivity index (χ0n) is 11.6. The van der Waals surface area contributed by atoms with Gasteiger partial charge in [0.1, 0.15) is 6.04 Å². The highest BCUT2D eigenvalue weighted by molar-refractivity contribution is 7.74. The molecule has 6 N–H and O–H groups in total. The summed E-state index contributed by atoms with van der Waals surface area (Å²) >= 11 is -2.57. The van der Waals surface area contributed by atoms with Crippen molar-refractivity contribution >= 4 is 23.2 Å². The molecule has 1 unspecified atom stereocenters. The lowest BCUT2D eigenvalue weighted by Crippen LogP contribution is -2.48. The summed E-state index contributed by atoms with van der Waals surface area (Å²) in [4.78, 5) is 22.3. The highest BCUT2D eigenvalue weighted by Gasteiger charge is 2.20. The van der Waals surface area contributed by atoms with E-state index in [0.717, 1.165) is 0 Å². The first kappa shape index (κ1) is 17.9. The maximum atomic E-state index is 11.7. The fraction of sp³-hybridized carbons (Fsp3) is 0.333. The summed E-state index contributed by atoms with van der Waals surface area (Å²) in [5.41, 5.74) is 6.13. The number of rotatable bonds is 7. The Morgan fingerprint density at radius 3 is 2.59 bits per heavy atom. The van der Waals surface area contributed by atoms with Crippen LogP contribution in [0.25, 0.3) is 0 Å². The minimum atomic E-state index is -2.57. The molecule has 0 bridgehead atoms. The maximum Gasteiger partial charge on any atom is 0.357 e. The van der Waals surface area contributed by atoms with Gasteiger partial charge in [-0.05, 0) is 31.0 Å². The molecule has 9 nitrogen and oxygen atoms in total. The van der Waals surface area contributed by atoms with Crippen LogP contribution in [0.2, 0.25) is 0 Å². The van der Waals surface area contributed by atoms with Gasteiger partial charge in [-0.3, -0.25) is 14.1 Å². The molecule has 22 heavy (non-hydrogen) atoms. The smallest absolute Gasteiger partial charge is 0.357 e. The Kier molecular flexibility index (Phi) is 6.28. The van der Waals surface area contributed by atoms with E-state index in [1.807, 2.05) is 0 Å². The Morgan fingerprint density at radius 2 is 2.09 bits per heavy atom. The molecule has 10 heteroatoms. The number of aromatic hydroxyl groups is 1. The second kappa shape index (κ2) is 7.73. The molecule has 0 spiro atoms. The first-order chi connectivity index (χ1) is 10.2.